The Morgan fingerprint density at radius 3 is 2.53 bits per heavy atom. The maximum atomic E-state index is 13.1. The molecule has 2 N–H and O–H groups in total. The quantitative estimate of drug-likeness (QED) is 0.887. The minimum absolute atomic E-state index is 0.274. The van der Waals surface area contributed by atoms with E-state index in [0.29, 0.717) is 11.4 Å². The van der Waals surface area contributed by atoms with Crippen molar-refractivity contribution in [2.75, 3.05) is 17.7 Å². The second kappa shape index (κ2) is 5.86. The summed E-state index contributed by atoms with van der Waals surface area (Å²) in [5.74, 6) is -0.0552. The minimum atomic E-state index is -0.463. The van der Waals surface area contributed by atoms with Crippen molar-refractivity contribution in [2.24, 2.45) is 0 Å². The van der Waals surface area contributed by atoms with E-state index in [1.165, 1.54) is 25.3 Å². The first-order chi connectivity index (χ1) is 9.19. The van der Waals surface area contributed by atoms with E-state index in [2.05, 4.69) is 10.6 Å². The van der Waals surface area contributed by atoms with E-state index >= 15 is 0 Å². The van der Waals surface area contributed by atoms with Crippen LogP contribution < -0.4 is 15.4 Å². The van der Waals surface area contributed by atoms with Crippen molar-refractivity contribution < 1.29 is 13.9 Å². The van der Waals surface area contributed by atoms with Gasteiger partial charge in [-0.2, -0.15) is 0 Å². The standard InChI is InChI=1S/C14H13FN2O2/c1-19-13-8-7-10(15)9-12(13)17-14(18)16-11-5-3-2-4-6-11/h2-9H,1H3,(H2,16,17,18). The number of hydrogen-bond acceptors (Lipinski definition) is 2. The zero-order valence-electron chi connectivity index (χ0n) is 10.3. The van der Waals surface area contributed by atoms with Gasteiger partial charge in [-0.15, -0.1) is 0 Å². The first-order valence-corrected chi connectivity index (χ1v) is 5.65. The van der Waals surface area contributed by atoms with Crippen LogP contribution in [-0.4, -0.2) is 13.1 Å². The van der Waals surface area contributed by atoms with Gasteiger partial charge < -0.3 is 15.4 Å². The monoisotopic (exact) mass is 260 g/mol. The maximum Gasteiger partial charge on any atom is 0.323 e. The minimum Gasteiger partial charge on any atom is -0.495 e. The lowest BCUT2D eigenvalue weighted by molar-refractivity contribution is 0.262. The number of amides is 2. The van der Waals surface area contributed by atoms with Gasteiger partial charge in [0.25, 0.3) is 0 Å². The number of urea groups is 1. The molecule has 0 aliphatic rings. The Hall–Kier alpha value is -2.56. The molecular weight excluding hydrogens is 247 g/mol. The van der Waals surface area contributed by atoms with Crippen LogP contribution >= 0.6 is 0 Å². The maximum absolute atomic E-state index is 13.1. The number of para-hydroxylation sites is 1. The van der Waals surface area contributed by atoms with Crippen molar-refractivity contribution >= 4 is 17.4 Å². The molecule has 98 valence electrons. The second-order valence-electron chi connectivity index (χ2n) is 3.79. The van der Waals surface area contributed by atoms with Gasteiger partial charge in [-0.1, -0.05) is 18.2 Å². The average molecular weight is 260 g/mol. The SMILES string of the molecule is COc1ccc(F)cc1NC(=O)Nc1ccccc1. The van der Waals surface area contributed by atoms with Crippen molar-refractivity contribution in [1.82, 2.24) is 0 Å². The highest BCUT2D eigenvalue weighted by molar-refractivity contribution is 6.00. The molecule has 2 amide bonds. The number of halogens is 1. The van der Waals surface area contributed by atoms with E-state index in [4.69, 9.17) is 4.74 Å². The van der Waals surface area contributed by atoms with Gasteiger partial charge in [0.1, 0.15) is 11.6 Å². The van der Waals surface area contributed by atoms with E-state index in [1.807, 2.05) is 6.07 Å². The molecule has 0 saturated heterocycles. The number of rotatable bonds is 3. The third kappa shape index (κ3) is 3.45. The van der Waals surface area contributed by atoms with Crippen molar-refractivity contribution in [3.05, 3.63) is 54.3 Å². The Morgan fingerprint density at radius 1 is 1.11 bits per heavy atom. The molecule has 0 spiro atoms. The number of carbonyl (C=O) groups excluding carboxylic acids is 1. The lowest BCUT2D eigenvalue weighted by Gasteiger charge is -2.11. The van der Waals surface area contributed by atoms with E-state index in [9.17, 15) is 9.18 Å². The molecular formula is C14H13FN2O2. The summed E-state index contributed by atoms with van der Waals surface area (Å²) < 4.78 is 18.2. The molecule has 0 unspecified atom stereocenters. The summed E-state index contributed by atoms with van der Waals surface area (Å²) in [6.45, 7) is 0. The predicted molar refractivity (Wildman–Crippen MR) is 72.0 cm³/mol. The summed E-state index contributed by atoms with van der Waals surface area (Å²) in [6.07, 6.45) is 0. The Morgan fingerprint density at radius 2 is 1.84 bits per heavy atom. The highest BCUT2D eigenvalue weighted by Crippen LogP contribution is 2.24. The van der Waals surface area contributed by atoms with Gasteiger partial charge >= 0.3 is 6.03 Å². The fourth-order valence-corrected chi connectivity index (χ4v) is 1.58. The number of ether oxygens (including phenoxy) is 1. The van der Waals surface area contributed by atoms with Crippen LogP contribution in [0, 0.1) is 5.82 Å². The van der Waals surface area contributed by atoms with Crippen LogP contribution in [-0.2, 0) is 0 Å². The summed E-state index contributed by atoms with van der Waals surface area (Å²) in [5.41, 5.74) is 0.923. The van der Waals surface area contributed by atoms with Crippen LogP contribution in [0.5, 0.6) is 5.75 Å². The normalized spacial score (nSPS) is 9.79. The first kappa shape index (κ1) is 12.9. The summed E-state index contributed by atoms with van der Waals surface area (Å²) in [6, 6.07) is 12.4. The van der Waals surface area contributed by atoms with Gasteiger partial charge in [0.2, 0.25) is 0 Å². The predicted octanol–water partition coefficient (Wildman–Crippen LogP) is 3.48. The Balaban J connectivity index is 2.09. The summed E-state index contributed by atoms with van der Waals surface area (Å²) >= 11 is 0. The van der Waals surface area contributed by atoms with Crippen molar-refractivity contribution in [3.63, 3.8) is 0 Å². The number of carbonyl (C=O) groups is 1. The molecule has 2 aromatic carbocycles. The van der Waals surface area contributed by atoms with E-state index in [1.54, 1.807) is 24.3 Å². The van der Waals surface area contributed by atoms with Gasteiger partial charge in [0.05, 0.1) is 12.8 Å². The highest BCUT2D eigenvalue weighted by atomic mass is 19.1. The Kier molecular flexibility index (Phi) is 3.97. The smallest absolute Gasteiger partial charge is 0.323 e. The second-order valence-corrected chi connectivity index (χ2v) is 3.79. The number of benzene rings is 2. The summed E-state index contributed by atoms with van der Waals surface area (Å²) in [4.78, 5) is 11.8. The largest absolute Gasteiger partial charge is 0.495 e. The fraction of sp³-hybridized carbons (Fsp3) is 0.0714. The van der Waals surface area contributed by atoms with Crippen molar-refractivity contribution in [2.45, 2.75) is 0 Å². The van der Waals surface area contributed by atoms with Gasteiger partial charge in [-0.05, 0) is 24.3 Å². The zero-order valence-corrected chi connectivity index (χ0v) is 10.3. The van der Waals surface area contributed by atoms with Crippen LogP contribution in [0.15, 0.2) is 48.5 Å². The molecule has 0 heterocycles. The van der Waals surface area contributed by atoms with Crippen LogP contribution in [0.3, 0.4) is 0 Å². The van der Waals surface area contributed by atoms with Crippen molar-refractivity contribution in [1.29, 1.82) is 0 Å². The highest BCUT2D eigenvalue weighted by Gasteiger charge is 2.08. The van der Waals surface area contributed by atoms with E-state index in [0.717, 1.165) is 0 Å². The molecule has 0 aliphatic heterocycles. The molecule has 0 radical (unpaired) electrons. The molecule has 2 rings (SSSR count). The Labute approximate surface area is 110 Å². The number of anilines is 2. The molecule has 4 nitrogen and oxygen atoms in total. The van der Waals surface area contributed by atoms with Gasteiger partial charge in [-0.25, -0.2) is 9.18 Å². The molecule has 2 aromatic rings. The van der Waals surface area contributed by atoms with Crippen LogP contribution in [0.25, 0.3) is 0 Å². The van der Waals surface area contributed by atoms with E-state index < -0.39 is 11.8 Å². The Bertz CT molecular complexity index is 573. The summed E-state index contributed by atoms with van der Waals surface area (Å²) in [5, 5.41) is 5.17. The molecule has 0 saturated carbocycles. The third-order valence-corrected chi connectivity index (χ3v) is 2.44. The molecule has 0 atom stereocenters. The van der Waals surface area contributed by atoms with Crippen LogP contribution in [0.1, 0.15) is 0 Å². The first-order valence-electron chi connectivity index (χ1n) is 5.65. The molecule has 0 aromatic heterocycles. The number of methoxy groups -OCH3 is 1. The molecule has 19 heavy (non-hydrogen) atoms. The van der Waals surface area contributed by atoms with E-state index in [-0.39, 0.29) is 5.69 Å². The summed E-state index contributed by atoms with van der Waals surface area (Å²) in [7, 11) is 1.45. The molecule has 0 fully saturated rings. The lowest BCUT2D eigenvalue weighted by atomic mass is 10.3. The third-order valence-electron chi connectivity index (χ3n) is 2.44. The molecule has 0 bridgehead atoms. The average Bonchev–Trinajstić information content (AvgIpc) is 2.40. The molecule has 5 heteroatoms. The van der Waals surface area contributed by atoms with Gasteiger partial charge in [0, 0.05) is 11.8 Å². The van der Waals surface area contributed by atoms with Gasteiger partial charge in [0.15, 0.2) is 0 Å². The topological polar surface area (TPSA) is 50.4 Å². The number of nitrogens with one attached hydrogen (secondary N) is 2. The van der Waals surface area contributed by atoms with Crippen LogP contribution in [0.4, 0.5) is 20.6 Å². The molecule has 0 aliphatic carbocycles. The fourth-order valence-electron chi connectivity index (χ4n) is 1.58. The lowest BCUT2D eigenvalue weighted by Crippen LogP contribution is -2.19. The zero-order chi connectivity index (χ0) is 13.7. The van der Waals surface area contributed by atoms with Gasteiger partial charge in [-0.3, -0.25) is 0 Å². The van der Waals surface area contributed by atoms with Crippen LogP contribution in [0.2, 0.25) is 0 Å². The van der Waals surface area contributed by atoms with Crippen molar-refractivity contribution in [3.8, 4) is 5.75 Å². The number of hydrogen-bond donors (Lipinski definition) is 2.